The van der Waals surface area contributed by atoms with Crippen LogP contribution in [0.15, 0.2) is 30.3 Å². The normalized spacial score (nSPS) is 13.1. The first-order valence-corrected chi connectivity index (χ1v) is 7.88. The van der Waals surface area contributed by atoms with Crippen molar-refractivity contribution in [3.63, 3.8) is 0 Å². The number of benzene rings is 2. The van der Waals surface area contributed by atoms with Gasteiger partial charge in [0.2, 0.25) is 0 Å². The summed E-state index contributed by atoms with van der Waals surface area (Å²) in [4.78, 5) is 12.5. The Kier molecular flexibility index (Phi) is 3.86. The van der Waals surface area contributed by atoms with Crippen molar-refractivity contribution in [1.29, 1.82) is 0 Å². The molecule has 0 bridgehead atoms. The second kappa shape index (κ2) is 5.78. The van der Waals surface area contributed by atoms with Gasteiger partial charge in [-0.15, -0.1) is 0 Å². The van der Waals surface area contributed by atoms with Crippen molar-refractivity contribution in [3.05, 3.63) is 47.0 Å². The van der Waals surface area contributed by atoms with Crippen LogP contribution in [0.4, 0.5) is 0 Å². The highest BCUT2D eigenvalue weighted by atomic mass is 16.1. The Morgan fingerprint density at radius 1 is 1.00 bits per heavy atom. The Morgan fingerprint density at radius 2 is 1.80 bits per heavy atom. The van der Waals surface area contributed by atoms with Crippen molar-refractivity contribution >= 4 is 16.6 Å². The number of carbonyl (C=O) groups excluding carboxylic acids is 1. The van der Waals surface area contributed by atoms with Crippen molar-refractivity contribution in [1.82, 2.24) is 0 Å². The zero-order chi connectivity index (χ0) is 13.9. The minimum Gasteiger partial charge on any atom is -0.294 e. The lowest BCUT2D eigenvalue weighted by atomic mass is 9.95. The van der Waals surface area contributed by atoms with Gasteiger partial charge in [0, 0.05) is 12.0 Å². The Morgan fingerprint density at radius 3 is 2.60 bits per heavy atom. The van der Waals surface area contributed by atoms with Crippen LogP contribution in [0.1, 0.15) is 60.5 Å². The van der Waals surface area contributed by atoms with Gasteiger partial charge in [-0.25, -0.2) is 0 Å². The van der Waals surface area contributed by atoms with Gasteiger partial charge in [-0.1, -0.05) is 56.5 Å². The van der Waals surface area contributed by atoms with Crippen LogP contribution in [-0.2, 0) is 12.8 Å². The third-order valence-corrected chi connectivity index (χ3v) is 4.43. The number of unbranched alkanes of at least 4 members (excludes halogenated alkanes) is 3. The molecule has 3 rings (SSSR count). The van der Waals surface area contributed by atoms with E-state index in [-0.39, 0.29) is 0 Å². The molecule has 1 aliphatic rings. The highest BCUT2D eigenvalue weighted by Gasteiger charge is 2.18. The molecular formula is C19H22O. The van der Waals surface area contributed by atoms with Crippen molar-refractivity contribution in [2.45, 2.75) is 51.9 Å². The third-order valence-electron chi connectivity index (χ3n) is 4.43. The minimum atomic E-state index is 0.316. The van der Waals surface area contributed by atoms with Gasteiger partial charge in [-0.3, -0.25) is 4.79 Å². The van der Waals surface area contributed by atoms with Crippen LogP contribution in [0.25, 0.3) is 10.8 Å². The predicted molar refractivity (Wildman–Crippen MR) is 84.4 cm³/mol. The largest absolute Gasteiger partial charge is 0.294 e. The van der Waals surface area contributed by atoms with Crippen LogP contribution in [0, 0.1) is 0 Å². The zero-order valence-electron chi connectivity index (χ0n) is 12.2. The van der Waals surface area contributed by atoms with Crippen molar-refractivity contribution in [2.75, 3.05) is 0 Å². The van der Waals surface area contributed by atoms with Crippen LogP contribution in [0.3, 0.4) is 0 Å². The maximum absolute atomic E-state index is 12.5. The van der Waals surface area contributed by atoms with Crippen molar-refractivity contribution in [2.24, 2.45) is 0 Å². The first-order valence-electron chi connectivity index (χ1n) is 7.88. The van der Waals surface area contributed by atoms with Crippen molar-refractivity contribution in [3.8, 4) is 0 Å². The molecule has 0 N–H and O–H groups in total. The molecule has 0 fully saturated rings. The van der Waals surface area contributed by atoms with Gasteiger partial charge in [0.05, 0.1) is 0 Å². The van der Waals surface area contributed by atoms with E-state index in [9.17, 15) is 4.79 Å². The molecule has 1 aliphatic carbocycles. The Labute approximate surface area is 121 Å². The summed E-state index contributed by atoms with van der Waals surface area (Å²) in [6.07, 6.45) is 7.59. The van der Waals surface area contributed by atoms with Gasteiger partial charge in [-0.2, -0.15) is 0 Å². The third kappa shape index (κ3) is 2.37. The molecule has 0 aromatic heterocycles. The average molecular weight is 266 g/mol. The van der Waals surface area contributed by atoms with E-state index in [1.165, 1.54) is 41.2 Å². The standard InChI is InChI=1S/C19H22O/c1-2-3-4-5-9-18(20)16-13-12-15-11-10-14-7-6-8-17(16)19(14)15/h6-8,12-13H,2-5,9-11H2,1H3. The van der Waals surface area contributed by atoms with Gasteiger partial charge in [0.15, 0.2) is 5.78 Å². The molecule has 2 aromatic rings. The molecule has 0 saturated carbocycles. The molecule has 0 saturated heterocycles. The molecule has 0 aliphatic heterocycles. The molecule has 104 valence electrons. The molecular weight excluding hydrogens is 244 g/mol. The number of hydrogen-bond donors (Lipinski definition) is 0. The fourth-order valence-electron chi connectivity index (χ4n) is 3.34. The highest BCUT2D eigenvalue weighted by molar-refractivity contribution is 6.10. The van der Waals surface area contributed by atoms with Crippen LogP contribution in [0.2, 0.25) is 0 Å². The fourth-order valence-corrected chi connectivity index (χ4v) is 3.34. The summed E-state index contributed by atoms with van der Waals surface area (Å²) in [5.74, 6) is 0.316. The number of aryl methyl sites for hydroxylation is 2. The van der Waals surface area contributed by atoms with Gasteiger partial charge < -0.3 is 0 Å². The molecule has 1 heteroatoms. The van der Waals surface area contributed by atoms with Gasteiger partial charge in [0.1, 0.15) is 0 Å². The Bertz CT molecular complexity index is 629. The van der Waals surface area contributed by atoms with E-state index in [1.54, 1.807) is 0 Å². The number of hydrogen-bond acceptors (Lipinski definition) is 1. The number of rotatable bonds is 6. The second-order valence-electron chi connectivity index (χ2n) is 5.85. The first kappa shape index (κ1) is 13.4. The van der Waals surface area contributed by atoms with E-state index in [4.69, 9.17) is 0 Å². The molecule has 0 spiro atoms. The maximum Gasteiger partial charge on any atom is 0.163 e. The lowest BCUT2D eigenvalue weighted by molar-refractivity contribution is 0.0981. The molecule has 20 heavy (non-hydrogen) atoms. The number of carbonyl (C=O) groups is 1. The molecule has 0 amide bonds. The van der Waals surface area contributed by atoms with E-state index in [1.807, 2.05) is 0 Å². The summed E-state index contributed by atoms with van der Waals surface area (Å²) in [5.41, 5.74) is 3.76. The lowest BCUT2D eigenvalue weighted by Crippen LogP contribution is -2.00. The number of ketones is 1. The van der Waals surface area contributed by atoms with E-state index in [0.29, 0.717) is 12.2 Å². The van der Waals surface area contributed by atoms with Crippen LogP contribution < -0.4 is 0 Å². The molecule has 1 nitrogen and oxygen atoms in total. The van der Waals surface area contributed by atoms with Gasteiger partial charge in [-0.05, 0) is 41.2 Å². The molecule has 0 heterocycles. The summed E-state index contributed by atoms with van der Waals surface area (Å²) in [5, 5.41) is 2.53. The van der Waals surface area contributed by atoms with Crippen LogP contribution >= 0.6 is 0 Å². The van der Waals surface area contributed by atoms with Gasteiger partial charge in [0.25, 0.3) is 0 Å². The summed E-state index contributed by atoms with van der Waals surface area (Å²) in [6.45, 7) is 2.20. The van der Waals surface area contributed by atoms with E-state index >= 15 is 0 Å². The van der Waals surface area contributed by atoms with Crippen LogP contribution in [-0.4, -0.2) is 5.78 Å². The van der Waals surface area contributed by atoms with E-state index < -0.39 is 0 Å². The maximum atomic E-state index is 12.5. The summed E-state index contributed by atoms with van der Waals surface area (Å²) in [7, 11) is 0. The summed E-state index contributed by atoms with van der Waals surface area (Å²) in [6, 6.07) is 10.6. The van der Waals surface area contributed by atoms with E-state index in [2.05, 4.69) is 37.3 Å². The fraction of sp³-hybridized carbons (Fsp3) is 0.421. The van der Waals surface area contributed by atoms with E-state index in [0.717, 1.165) is 24.8 Å². The zero-order valence-corrected chi connectivity index (χ0v) is 12.2. The first-order chi connectivity index (χ1) is 9.81. The van der Waals surface area contributed by atoms with Crippen LogP contribution in [0.5, 0.6) is 0 Å². The molecule has 0 atom stereocenters. The minimum absolute atomic E-state index is 0.316. The molecule has 0 radical (unpaired) electrons. The predicted octanol–water partition coefficient (Wildman–Crippen LogP) is 5.09. The highest BCUT2D eigenvalue weighted by Crippen LogP contribution is 2.33. The summed E-state index contributed by atoms with van der Waals surface area (Å²) >= 11 is 0. The van der Waals surface area contributed by atoms with Gasteiger partial charge >= 0.3 is 0 Å². The quantitative estimate of drug-likeness (QED) is 0.525. The van der Waals surface area contributed by atoms with Crippen molar-refractivity contribution < 1.29 is 4.79 Å². The molecule has 2 aromatic carbocycles. The second-order valence-corrected chi connectivity index (χ2v) is 5.85. The lowest BCUT2D eigenvalue weighted by Gasteiger charge is -2.08. The number of Topliss-reactive ketones (excluding diaryl/α,β-unsaturated/α-hetero) is 1. The molecule has 0 unspecified atom stereocenters. The Balaban J connectivity index is 1.87. The Hall–Kier alpha value is -1.63. The summed E-state index contributed by atoms with van der Waals surface area (Å²) < 4.78 is 0. The smallest absolute Gasteiger partial charge is 0.163 e. The monoisotopic (exact) mass is 266 g/mol. The topological polar surface area (TPSA) is 17.1 Å². The average Bonchev–Trinajstić information content (AvgIpc) is 2.89. The SMILES string of the molecule is CCCCCCC(=O)c1ccc2c3c(cccc13)CC2.